The second-order valence-corrected chi connectivity index (χ2v) is 14.4. The molecule has 47 heavy (non-hydrogen) atoms. The molecular weight excluding hydrogens is 656 g/mol. The number of nitrogens with zero attached hydrogens (tertiary/aromatic N) is 4. The zero-order valence-corrected chi connectivity index (χ0v) is 28.6. The second kappa shape index (κ2) is 14.2. The maximum Gasteiger partial charge on any atom is 0.322 e. The molecular formula is C37H45BrN6O3. The maximum atomic E-state index is 14.2. The molecule has 0 bridgehead atoms. The summed E-state index contributed by atoms with van der Waals surface area (Å²) >= 11 is 3.67. The SMILES string of the molecule is O=C(C[C@H](Nc1ccc(Br)c2ccccc12)C(=O)N1CCC(N2CCCCC2)CC1)N1CCC(N2Cc3ccccc3NC2=O)CC1. The molecule has 7 rings (SSSR count). The fourth-order valence-corrected chi connectivity index (χ4v) is 8.46. The topological polar surface area (TPSA) is 88.2 Å². The van der Waals surface area contributed by atoms with Crippen molar-refractivity contribution in [2.24, 2.45) is 0 Å². The van der Waals surface area contributed by atoms with Crippen molar-refractivity contribution in [3.8, 4) is 0 Å². The molecule has 10 heteroatoms. The van der Waals surface area contributed by atoms with Gasteiger partial charge in [-0.3, -0.25) is 9.59 Å². The van der Waals surface area contributed by atoms with Gasteiger partial charge in [0.1, 0.15) is 6.04 Å². The van der Waals surface area contributed by atoms with Crippen LogP contribution < -0.4 is 10.6 Å². The van der Waals surface area contributed by atoms with E-state index in [1.54, 1.807) is 0 Å². The monoisotopic (exact) mass is 700 g/mol. The molecule has 0 saturated carbocycles. The number of hydrogen-bond donors (Lipinski definition) is 2. The summed E-state index contributed by atoms with van der Waals surface area (Å²) in [4.78, 5) is 49.4. The molecule has 0 radical (unpaired) electrons. The summed E-state index contributed by atoms with van der Waals surface area (Å²) in [5, 5.41) is 8.63. The molecule has 0 spiro atoms. The summed E-state index contributed by atoms with van der Waals surface area (Å²) in [6.45, 7) is 5.49. The predicted molar refractivity (Wildman–Crippen MR) is 189 cm³/mol. The van der Waals surface area contributed by atoms with Gasteiger partial charge in [-0.2, -0.15) is 0 Å². The van der Waals surface area contributed by atoms with E-state index >= 15 is 0 Å². The Morgan fingerprint density at radius 1 is 0.787 bits per heavy atom. The number of benzene rings is 3. The van der Waals surface area contributed by atoms with Crippen molar-refractivity contribution in [1.82, 2.24) is 19.6 Å². The van der Waals surface area contributed by atoms with E-state index in [1.807, 2.05) is 57.2 Å². The van der Waals surface area contributed by atoms with Crippen LogP contribution in [0.1, 0.15) is 56.9 Å². The summed E-state index contributed by atoms with van der Waals surface area (Å²) in [6, 6.07) is 19.9. The third-order valence-electron chi connectivity index (χ3n) is 10.7. The van der Waals surface area contributed by atoms with Gasteiger partial charge in [-0.15, -0.1) is 0 Å². The zero-order valence-electron chi connectivity index (χ0n) is 27.0. The summed E-state index contributed by atoms with van der Waals surface area (Å²) < 4.78 is 0.992. The molecule has 248 valence electrons. The lowest BCUT2D eigenvalue weighted by molar-refractivity contribution is -0.139. The first-order chi connectivity index (χ1) is 22.9. The van der Waals surface area contributed by atoms with Crippen molar-refractivity contribution in [3.63, 3.8) is 0 Å². The normalized spacial score (nSPS) is 20.5. The fourth-order valence-electron chi connectivity index (χ4n) is 7.98. The molecule has 3 fully saturated rings. The van der Waals surface area contributed by atoms with Gasteiger partial charge >= 0.3 is 6.03 Å². The quantitative estimate of drug-likeness (QED) is 0.303. The number of hydrogen-bond acceptors (Lipinski definition) is 5. The van der Waals surface area contributed by atoms with Gasteiger partial charge in [-0.05, 0) is 80.8 Å². The number of para-hydroxylation sites is 1. The highest BCUT2D eigenvalue weighted by Crippen LogP contribution is 2.32. The standard InChI is InChI=1S/C37H45BrN6O3/c38-31-12-13-33(30-10-4-3-9-29(30)31)39-34(36(46)43-22-14-27(15-23-43)41-18-6-1-7-19-41)24-35(45)42-20-16-28(17-21-42)44-25-26-8-2-5-11-32(26)40-37(44)47/h2-5,8-13,27-28,34,39H,1,6-7,14-25H2,(H,40,47)/t34-/m0/s1. The molecule has 4 heterocycles. The van der Waals surface area contributed by atoms with E-state index in [-0.39, 0.29) is 30.3 Å². The number of rotatable bonds is 7. The zero-order chi connectivity index (χ0) is 32.3. The van der Waals surface area contributed by atoms with E-state index in [0.717, 1.165) is 58.1 Å². The van der Waals surface area contributed by atoms with Crippen LogP contribution in [0.15, 0.2) is 65.1 Å². The van der Waals surface area contributed by atoms with E-state index in [9.17, 15) is 14.4 Å². The van der Waals surface area contributed by atoms with Crippen molar-refractivity contribution in [2.45, 2.75) is 76.0 Å². The van der Waals surface area contributed by atoms with Crippen LogP contribution >= 0.6 is 15.9 Å². The number of piperidine rings is 3. The Morgan fingerprint density at radius 2 is 1.45 bits per heavy atom. The molecule has 4 aliphatic rings. The predicted octanol–water partition coefficient (Wildman–Crippen LogP) is 6.29. The second-order valence-electron chi connectivity index (χ2n) is 13.5. The van der Waals surface area contributed by atoms with Crippen LogP contribution in [-0.2, 0) is 16.1 Å². The van der Waals surface area contributed by atoms with Crippen molar-refractivity contribution in [1.29, 1.82) is 0 Å². The number of halogens is 1. The molecule has 0 aromatic heterocycles. The van der Waals surface area contributed by atoms with E-state index in [4.69, 9.17) is 0 Å². The lowest BCUT2D eigenvalue weighted by Gasteiger charge is -2.42. The van der Waals surface area contributed by atoms with Gasteiger partial charge < -0.3 is 30.2 Å². The van der Waals surface area contributed by atoms with Crippen LogP contribution in [0.2, 0.25) is 0 Å². The molecule has 1 atom stereocenters. The van der Waals surface area contributed by atoms with Crippen molar-refractivity contribution < 1.29 is 14.4 Å². The number of amides is 4. The summed E-state index contributed by atoms with van der Waals surface area (Å²) in [6.07, 6.45) is 7.35. The Hall–Kier alpha value is -3.63. The Bertz CT molecular complexity index is 1610. The van der Waals surface area contributed by atoms with Gasteiger partial charge in [0.05, 0.1) is 6.42 Å². The molecule has 9 nitrogen and oxygen atoms in total. The number of anilines is 2. The number of nitrogens with one attached hydrogen (secondary N) is 2. The van der Waals surface area contributed by atoms with Crippen LogP contribution in [-0.4, -0.2) is 94.8 Å². The highest BCUT2D eigenvalue weighted by molar-refractivity contribution is 9.10. The number of urea groups is 1. The first-order valence-electron chi connectivity index (χ1n) is 17.3. The molecule has 4 aliphatic heterocycles. The van der Waals surface area contributed by atoms with E-state index in [2.05, 4.69) is 49.7 Å². The molecule has 0 unspecified atom stereocenters. The van der Waals surface area contributed by atoms with Crippen molar-refractivity contribution in [2.75, 3.05) is 49.9 Å². The van der Waals surface area contributed by atoms with Gasteiger partial charge in [0.2, 0.25) is 11.8 Å². The Labute approximate surface area is 285 Å². The van der Waals surface area contributed by atoms with E-state index in [0.29, 0.717) is 38.5 Å². The number of carbonyl (C=O) groups excluding carboxylic acids is 3. The van der Waals surface area contributed by atoms with Crippen LogP contribution in [0.4, 0.5) is 16.2 Å². The van der Waals surface area contributed by atoms with Crippen LogP contribution in [0.5, 0.6) is 0 Å². The van der Waals surface area contributed by atoms with Crippen molar-refractivity contribution >= 4 is 55.9 Å². The highest BCUT2D eigenvalue weighted by atomic mass is 79.9. The molecule has 3 saturated heterocycles. The summed E-state index contributed by atoms with van der Waals surface area (Å²) in [7, 11) is 0. The lowest BCUT2D eigenvalue weighted by atomic mass is 9.98. The third-order valence-corrected chi connectivity index (χ3v) is 11.4. The summed E-state index contributed by atoms with van der Waals surface area (Å²) in [5.74, 6) is -0.0201. The van der Waals surface area contributed by atoms with Gasteiger partial charge in [0.15, 0.2) is 0 Å². The molecule has 3 aromatic carbocycles. The van der Waals surface area contributed by atoms with Crippen LogP contribution in [0.3, 0.4) is 0 Å². The average Bonchev–Trinajstić information content (AvgIpc) is 3.12. The van der Waals surface area contributed by atoms with E-state index < -0.39 is 6.04 Å². The first-order valence-corrected chi connectivity index (χ1v) is 18.1. The molecule has 2 N–H and O–H groups in total. The minimum absolute atomic E-state index is 0.000910. The van der Waals surface area contributed by atoms with Crippen molar-refractivity contribution in [3.05, 3.63) is 70.7 Å². The minimum Gasteiger partial charge on any atom is -0.373 e. The first kappa shape index (κ1) is 31.9. The Balaban J connectivity index is 1.03. The van der Waals surface area contributed by atoms with Gasteiger partial charge in [0.25, 0.3) is 0 Å². The van der Waals surface area contributed by atoms with Gasteiger partial charge in [-0.25, -0.2) is 4.79 Å². The number of likely N-dealkylation sites (tertiary alicyclic amines) is 3. The Morgan fingerprint density at radius 3 is 2.21 bits per heavy atom. The number of carbonyl (C=O) groups is 3. The highest BCUT2D eigenvalue weighted by Gasteiger charge is 2.36. The van der Waals surface area contributed by atoms with Crippen LogP contribution in [0.25, 0.3) is 10.8 Å². The third kappa shape index (κ3) is 6.99. The average molecular weight is 702 g/mol. The van der Waals surface area contributed by atoms with E-state index in [1.165, 1.54) is 32.4 Å². The minimum atomic E-state index is -0.666. The molecule has 4 amide bonds. The molecule has 0 aliphatic carbocycles. The van der Waals surface area contributed by atoms with Gasteiger partial charge in [-0.1, -0.05) is 64.8 Å². The lowest BCUT2D eigenvalue weighted by Crippen LogP contribution is -2.53. The van der Waals surface area contributed by atoms with Crippen LogP contribution in [0, 0.1) is 0 Å². The Kier molecular flexibility index (Phi) is 9.68. The largest absolute Gasteiger partial charge is 0.373 e. The number of fused-ring (bicyclic) bond motifs is 2. The maximum absolute atomic E-state index is 14.2. The fraction of sp³-hybridized carbons (Fsp3) is 0.486. The molecule has 3 aromatic rings. The summed E-state index contributed by atoms with van der Waals surface area (Å²) in [5.41, 5.74) is 2.84. The van der Waals surface area contributed by atoms with Gasteiger partial charge in [0, 0.05) is 66.0 Å². The smallest absolute Gasteiger partial charge is 0.322 e.